The summed E-state index contributed by atoms with van der Waals surface area (Å²) in [6, 6.07) is 0. The first-order valence-corrected chi connectivity index (χ1v) is 12.0. The third-order valence-electron chi connectivity index (χ3n) is 6.28. The summed E-state index contributed by atoms with van der Waals surface area (Å²) in [7, 11) is 0. The third kappa shape index (κ3) is 7.29. The summed E-state index contributed by atoms with van der Waals surface area (Å²) in [6.45, 7) is 0.0448. The molecule has 0 radical (unpaired) electrons. The maximum Gasteiger partial charge on any atom is 0.305 e. The molecule has 12 heteroatoms. The van der Waals surface area contributed by atoms with Gasteiger partial charge in [0.25, 0.3) is 0 Å². The van der Waals surface area contributed by atoms with Crippen LogP contribution in [0.4, 0.5) is 0 Å². The minimum absolute atomic E-state index is 0.190. The lowest BCUT2D eigenvalue weighted by Gasteiger charge is -2.43. The van der Waals surface area contributed by atoms with Crippen LogP contribution < -0.4 is 0 Å². The van der Waals surface area contributed by atoms with Gasteiger partial charge < -0.3 is 54.7 Å². The quantitative estimate of drug-likeness (QED) is 0.106. The summed E-state index contributed by atoms with van der Waals surface area (Å²) in [4.78, 5) is 12.0. The molecule has 12 nitrogen and oxygen atoms in total. The van der Waals surface area contributed by atoms with Crippen molar-refractivity contribution < 1.29 is 59.5 Å². The topological polar surface area (TPSA) is 196 Å². The van der Waals surface area contributed by atoms with Crippen molar-refractivity contribution >= 4 is 5.97 Å². The van der Waals surface area contributed by atoms with Crippen LogP contribution >= 0.6 is 0 Å². The lowest BCUT2D eigenvalue weighted by molar-refractivity contribution is -0.383. The molecule has 0 bridgehead atoms. The van der Waals surface area contributed by atoms with Crippen LogP contribution in [0.25, 0.3) is 0 Å². The molecule has 0 unspecified atom stereocenters. The SMILES string of the molecule is CCCCCCCCCC(=O)OC[C@H]1O[C@H](O[C@]2(CO)O[C@H](CO)[C@@H](O)[C@@H]2O)[C@H](O)[C@@H](O)[C@H]1O. The van der Waals surface area contributed by atoms with Crippen molar-refractivity contribution in [2.45, 2.75) is 113 Å². The molecule has 0 aromatic rings. The number of carbonyl (C=O) groups excluding carboxylic acids is 1. The number of carbonyl (C=O) groups is 1. The zero-order valence-corrected chi connectivity index (χ0v) is 19.6. The molecular formula is C22H40O12. The van der Waals surface area contributed by atoms with E-state index in [4.69, 9.17) is 18.9 Å². The van der Waals surface area contributed by atoms with E-state index in [1.165, 1.54) is 19.3 Å². The van der Waals surface area contributed by atoms with Crippen LogP contribution in [0.5, 0.6) is 0 Å². The smallest absolute Gasteiger partial charge is 0.305 e. The molecule has 9 atom stereocenters. The Labute approximate surface area is 199 Å². The van der Waals surface area contributed by atoms with E-state index < -0.39 is 80.6 Å². The van der Waals surface area contributed by atoms with Gasteiger partial charge in [-0.15, -0.1) is 0 Å². The Morgan fingerprint density at radius 1 is 0.853 bits per heavy atom. The highest BCUT2D eigenvalue weighted by Gasteiger charge is 2.58. The average Bonchev–Trinajstić information content (AvgIpc) is 3.08. The van der Waals surface area contributed by atoms with Crippen molar-refractivity contribution in [2.75, 3.05) is 19.8 Å². The summed E-state index contributed by atoms with van der Waals surface area (Å²) < 4.78 is 21.3. The summed E-state index contributed by atoms with van der Waals surface area (Å²) >= 11 is 0. The molecule has 0 aromatic carbocycles. The molecule has 0 aliphatic carbocycles. The Morgan fingerprint density at radius 2 is 1.50 bits per heavy atom. The van der Waals surface area contributed by atoms with Gasteiger partial charge in [0, 0.05) is 6.42 Å². The minimum atomic E-state index is -2.27. The van der Waals surface area contributed by atoms with Gasteiger partial charge in [0.1, 0.15) is 55.9 Å². The second-order valence-electron chi connectivity index (χ2n) is 8.93. The van der Waals surface area contributed by atoms with Gasteiger partial charge >= 0.3 is 5.97 Å². The number of unbranched alkanes of at least 4 members (excludes halogenated alkanes) is 6. The fourth-order valence-corrected chi connectivity index (χ4v) is 4.09. The summed E-state index contributed by atoms with van der Waals surface area (Å²) in [6.07, 6.45) is -5.45. The molecule has 0 aromatic heterocycles. The fraction of sp³-hybridized carbons (Fsp3) is 0.955. The van der Waals surface area contributed by atoms with E-state index in [2.05, 4.69) is 6.92 Å². The number of hydrogen-bond donors (Lipinski definition) is 7. The first-order valence-electron chi connectivity index (χ1n) is 12.0. The lowest BCUT2D eigenvalue weighted by Crippen LogP contribution is -2.62. The highest BCUT2D eigenvalue weighted by atomic mass is 16.8. The van der Waals surface area contributed by atoms with Gasteiger partial charge in [0.15, 0.2) is 6.29 Å². The van der Waals surface area contributed by atoms with E-state index in [0.717, 1.165) is 19.3 Å². The van der Waals surface area contributed by atoms with Crippen LogP contribution in [0.15, 0.2) is 0 Å². The van der Waals surface area contributed by atoms with Crippen LogP contribution in [0.3, 0.4) is 0 Å². The molecule has 2 aliphatic rings. The van der Waals surface area contributed by atoms with Gasteiger partial charge in [-0.2, -0.15) is 0 Å². The average molecular weight is 497 g/mol. The van der Waals surface area contributed by atoms with Crippen LogP contribution in [0.1, 0.15) is 58.3 Å². The van der Waals surface area contributed by atoms with E-state index in [1.807, 2.05) is 0 Å². The number of ether oxygens (including phenoxy) is 4. The first kappa shape index (κ1) is 29.3. The molecule has 2 saturated heterocycles. The molecule has 0 spiro atoms. The number of aliphatic hydroxyl groups is 7. The number of hydrogen-bond acceptors (Lipinski definition) is 12. The van der Waals surface area contributed by atoms with E-state index >= 15 is 0 Å². The standard InChI is InChI=1S/C22H40O12/c1-2-3-4-5-6-7-8-9-15(25)31-11-14-16(26)18(28)19(29)21(32-14)34-22(12-24)20(30)17(27)13(10-23)33-22/h13-14,16-21,23-24,26-30H,2-12H2,1H3/t13-,14-,16+,17-,18+,19-,20+,21-,22+/m1/s1. The molecule has 200 valence electrons. The Morgan fingerprint density at radius 3 is 2.09 bits per heavy atom. The molecule has 34 heavy (non-hydrogen) atoms. The Balaban J connectivity index is 1.88. The number of aliphatic hydroxyl groups excluding tert-OH is 7. The maximum absolute atomic E-state index is 12.0. The third-order valence-corrected chi connectivity index (χ3v) is 6.28. The molecule has 2 heterocycles. The van der Waals surface area contributed by atoms with Gasteiger partial charge in [-0.05, 0) is 6.42 Å². The highest BCUT2D eigenvalue weighted by Crippen LogP contribution is 2.36. The van der Waals surface area contributed by atoms with Crippen LogP contribution in [0, 0.1) is 0 Å². The van der Waals surface area contributed by atoms with Gasteiger partial charge in [-0.25, -0.2) is 0 Å². The molecule has 7 N–H and O–H groups in total. The Hall–Kier alpha value is -0.930. The zero-order valence-electron chi connectivity index (χ0n) is 19.6. The van der Waals surface area contributed by atoms with Crippen LogP contribution in [0.2, 0.25) is 0 Å². The fourth-order valence-electron chi connectivity index (χ4n) is 4.09. The van der Waals surface area contributed by atoms with Crippen molar-refractivity contribution in [3.8, 4) is 0 Å². The van der Waals surface area contributed by atoms with Crippen molar-refractivity contribution in [3.05, 3.63) is 0 Å². The number of rotatable bonds is 14. The van der Waals surface area contributed by atoms with Gasteiger partial charge in [-0.3, -0.25) is 4.79 Å². The van der Waals surface area contributed by atoms with Crippen molar-refractivity contribution in [1.29, 1.82) is 0 Å². The van der Waals surface area contributed by atoms with Gasteiger partial charge in [-0.1, -0.05) is 45.4 Å². The summed E-state index contributed by atoms with van der Waals surface area (Å²) in [5.41, 5.74) is 0. The van der Waals surface area contributed by atoms with Crippen LogP contribution in [-0.4, -0.2) is 116 Å². The molecule has 0 amide bonds. The predicted molar refractivity (Wildman–Crippen MR) is 115 cm³/mol. The van der Waals surface area contributed by atoms with E-state index in [-0.39, 0.29) is 6.42 Å². The zero-order chi connectivity index (χ0) is 25.3. The second kappa shape index (κ2) is 14.0. The maximum atomic E-state index is 12.0. The van der Waals surface area contributed by atoms with Gasteiger partial charge in [0.05, 0.1) is 6.61 Å². The predicted octanol–water partition coefficient (Wildman–Crippen LogP) is -1.70. The van der Waals surface area contributed by atoms with Crippen molar-refractivity contribution in [3.63, 3.8) is 0 Å². The molecule has 2 fully saturated rings. The van der Waals surface area contributed by atoms with Crippen molar-refractivity contribution in [2.24, 2.45) is 0 Å². The van der Waals surface area contributed by atoms with Crippen LogP contribution in [-0.2, 0) is 23.7 Å². The van der Waals surface area contributed by atoms with Crippen molar-refractivity contribution in [1.82, 2.24) is 0 Å². The van der Waals surface area contributed by atoms with Gasteiger partial charge in [0.2, 0.25) is 5.79 Å². The van der Waals surface area contributed by atoms with E-state index in [1.54, 1.807) is 0 Å². The largest absolute Gasteiger partial charge is 0.463 e. The molecule has 2 rings (SSSR count). The number of esters is 1. The Bertz CT molecular complexity index is 606. The van der Waals surface area contributed by atoms with E-state index in [9.17, 15) is 40.5 Å². The molecular weight excluding hydrogens is 456 g/mol. The van der Waals surface area contributed by atoms with E-state index in [0.29, 0.717) is 6.42 Å². The summed E-state index contributed by atoms with van der Waals surface area (Å²) in [5.74, 6) is -2.77. The summed E-state index contributed by atoms with van der Waals surface area (Å²) in [5, 5.41) is 69.9. The lowest BCUT2D eigenvalue weighted by atomic mass is 9.99. The first-order chi connectivity index (χ1) is 16.2. The molecule has 0 saturated carbocycles. The Kier molecular flexibility index (Phi) is 12.0. The highest BCUT2D eigenvalue weighted by molar-refractivity contribution is 5.69. The second-order valence-corrected chi connectivity index (χ2v) is 8.93. The normalized spacial score (nSPS) is 38.2. The minimum Gasteiger partial charge on any atom is -0.463 e. The monoisotopic (exact) mass is 496 g/mol. The molecule has 2 aliphatic heterocycles.